The normalized spacial score (nSPS) is 13.0. The molecule has 3 aromatic rings. The Kier molecular flexibility index (Phi) is 10.3. The molecule has 0 fully saturated rings. The van der Waals surface area contributed by atoms with Gasteiger partial charge in [0.05, 0.1) is 0 Å². The van der Waals surface area contributed by atoms with E-state index < -0.39 is 0 Å². The average Bonchev–Trinajstić information content (AvgIpc) is 2.79. The first-order chi connectivity index (χ1) is 19.2. The van der Waals surface area contributed by atoms with Gasteiger partial charge >= 0.3 is 0 Å². The Bertz CT molecular complexity index is 1270. The predicted molar refractivity (Wildman–Crippen MR) is 185 cm³/mol. The molecule has 3 nitrogen and oxygen atoms in total. The van der Waals surface area contributed by atoms with Crippen LogP contribution in [0.3, 0.4) is 0 Å². The highest BCUT2D eigenvalue weighted by Crippen LogP contribution is 2.42. The molecule has 238 valence electrons. The summed E-state index contributed by atoms with van der Waals surface area (Å²) in [6.45, 7) is 34.0. The van der Waals surface area contributed by atoms with Gasteiger partial charge in [0.15, 0.2) is 0 Å². The Morgan fingerprint density at radius 3 is 0.930 bits per heavy atom. The molecule has 3 N–H and O–H groups in total. The Hall–Kier alpha value is -2.94. The van der Waals surface area contributed by atoms with E-state index in [4.69, 9.17) is 0 Å². The van der Waals surface area contributed by atoms with E-state index in [1.165, 1.54) is 11.1 Å². The predicted octanol–water partition coefficient (Wildman–Crippen LogP) is 10.9. The second kappa shape index (κ2) is 12.2. The van der Waals surface area contributed by atoms with E-state index in [0.29, 0.717) is 17.2 Å². The van der Waals surface area contributed by atoms with Crippen molar-refractivity contribution in [3.8, 4) is 17.2 Å². The van der Waals surface area contributed by atoms with E-state index in [2.05, 4.69) is 128 Å². The van der Waals surface area contributed by atoms with Gasteiger partial charge in [0, 0.05) is 0 Å². The number of aryl methyl sites for hydroxylation is 1. The van der Waals surface area contributed by atoms with Crippen molar-refractivity contribution in [2.75, 3.05) is 0 Å². The number of phenolic OH excluding ortho intramolecular Hbond substituents is 3. The fourth-order valence-electron chi connectivity index (χ4n) is 5.38. The minimum Gasteiger partial charge on any atom is -0.507 e. The van der Waals surface area contributed by atoms with Crippen molar-refractivity contribution in [3.05, 3.63) is 87.0 Å². The zero-order valence-electron chi connectivity index (χ0n) is 30.1. The van der Waals surface area contributed by atoms with Crippen LogP contribution in [0.5, 0.6) is 17.2 Å². The molecular formula is C40H60O3. The molecule has 0 spiro atoms. The van der Waals surface area contributed by atoms with Crippen molar-refractivity contribution in [2.24, 2.45) is 0 Å². The molecular weight excluding hydrogens is 528 g/mol. The van der Waals surface area contributed by atoms with Crippen molar-refractivity contribution >= 4 is 0 Å². The summed E-state index contributed by atoms with van der Waals surface area (Å²) in [6.07, 6.45) is 0.763. The van der Waals surface area contributed by atoms with Gasteiger partial charge in [-0.3, -0.25) is 0 Å². The van der Waals surface area contributed by atoms with Gasteiger partial charge in [-0.2, -0.15) is 0 Å². The summed E-state index contributed by atoms with van der Waals surface area (Å²) < 4.78 is 0. The fraction of sp³-hybridized carbons (Fsp3) is 0.550. The lowest BCUT2D eigenvalue weighted by molar-refractivity contribution is 0.422. The van der Waals surface area contributed by atoms with Crippen LogP contribution < -0.4 is 0 Å². The standard InChI is InChI=1S/C29H44O2.C11H16O/c1-26(2,3)20-14-18(15-21(24(20)30)27(4,5)6)13-19-16-22(28(7,8)9)25(31)23(17-19)29(10,11)12;1-8-6-5-7-9(10(8)12)11(2,3)4/h14-17,30-31H,13H2,1-12H3;5-7,12H,1-4H3. The highest BCUT2D eigenvalue weighted by atomic mass is 16.3. The van der Waals surface area contributed by atoms with Crippen LogP contribution in [0.15, 0.2) is 42.5 Å². The molecule has 3 aromatic carbocycles. The molecule has 0 radical (unpaired) electrons. The molecule has 0 aromatic heterocycles. The van der Waals surface area contributed by atoms with Gasteiger partial charge in [-0.15, -0.1) is 0 Å². The molecule has 0 amide bonds. The largest absolute Gasteiger partial charge is 0.507 e. The van der Waals surface area contributed by atoms with Gasteiger partial charge in [-0.1, -0.05) is 146 Å². The van der Waals surface area contributed by atoms with E-state index in [1.54, 1.807) is 0 Å². The van der Waals surface area contributed by atoms with E-state index in [0.717, 1.165) is 39.8 Å². The number of phenols is 3. The quantitative estimate of drug-likeness (QED) is 0.279. The molecule has 0 bridgehead atoms. The smallest absolute Gasteiger partial charge is 0.123 e. The van der Waals surface area contributed by atoms with Crippen molar-refractivity contribution in [2.45, 2.75) is 144 Å². The van der Waals surface area contributed by atoms with E-state index in [-0.39, 0.29) is 27.1 Å². The summed E-state index contributed by atoms with van der Waals surface area (Å²) in [7, 11) is 0. The lowest BCUT2D eigenvalue weighted by Crippen LogP contribution is -2.19. The van der Waals surface area contributed by atoms with Crippen LogP contribution in [0.25, 0.3) is 0 Å². The van der Waals surface area contributed by atoms with Gasteiger partial charge in [-0.25, -0.2) is 0 Å². The number of aromatic hydroxyl groups is 3. The number of hydrogen-bond acceptors (Lipinski definition) is 3. The first kappa shape index (κ1) is 36.3. The zero-order valence-corrected chi connectivity index (χ0v) is 30.1. The first-order valence-corrected chi connectivity index (χ1v) is 15.7. The third-order valence-corrected chi connectivity index (χ3v) is 8.03. The van der Waals surface area contributed by atoms with Crippen LogP contribution in [-0.4, -0.2) is 15.3 Å². The second-order valence-electron chi connectivity index (χ2n) is 17.5. The molecule has 0 aliphatic carbocycles. The number of benzene rings is 3. The molecule has 0 atom stereocenters. The van der Waals surface area contributed by atoms with Crippen molar-refractivity contribution < 1.29 is 15.3 Å². The molecule has 0 unspecified atom stereocenters. The summed E-state index contributed by atoms with van der Waals surface area (Å²) in [5, 5.41) is 31.8. The Balaban J connectivity index is 0.000000448. The zero-order chi connectivity index (χ0) is 33.5. The maximum Gasteiger partial charge on any atom is 0.123 e. The second-order valence-corrected chi connectivity index (χ2v) is 17.5. The van der Waals surface area contributed by atoms with Crippen molar-refractivity contribution in [3.63, 3.8) is 0 Å². The van der Waals surface area contributed by atoms with Crippen LogP contribution in [-0.2, 0) is 33.5 Å². The van der Waals surface area contributed by atoms with Gasteiger partial charge in [0.1, 0.15) is 17.2 Å². The van der Waals surface area contributed by atoms with E-state index in [1.807, 2.05) is 25.1 Å². The van der Waals surface area contributed by atoms with Crippen LogP contribution in [0.4, 0.5) is 0 Å². The van der Waals surface area contributed by atoms with Crippen LogP contribution in [0.1, 0.15) is 148 Å². The molecule has 43 heavy (non-hydrogen) atoms. The van der Waals surface area contributed by atoms with Crippen molar-refractivity contribution in [1.29, 1.82) is 0 Å². The highest BCUT2D eigenvalue weighted by molar-refractivity contribution is 5.53. The van der Waals surface area contributed by atoms with Gasteiger partial charge < -0.3 is 15.3 Å². The first-order valence-electron chi connectivity index (χ1n) is 15.7. The number of hydrogen-bond donors (Lipinski definition) is 3. The minimum absolute atomic E-state index is 0.0239. The molecule has 0 heterocycles. The Labute approximate surface area is 263 Å². The summed E-state index contributed by atoms with van der Waals surface area (Å²) >= 11 is 0. The van der Waals surface area contributed by atoms with Gasteiger partial charge in [0.2, 0.25) is 0 Å². The molecule has 0 saturated heterocycles. The van der Waals surface area contributed by atoms with Crippen LogP contribution in [0, 0.1) is 6.92 Å². The third kappa shape index (κ3) is 9.03. The molecule has 0 aliphatic rings. The molecule has 0 aliphatic heterocycles. The summed E-state index contributed by atoms with van der Waals surface area (Å²) in [5.41, 5.74) is 7.72. The molecule has 3 rings (SSSR count). The summed E-state index contributed by atoms with van der Waals surface area (Å²) in [4.78, 5) is 0. The van der Waals surface area contributed by atoms with E-state index >= 15 is 0 Å². The molecule has 3 heteroatoms. The van der Waals surface area contributed by atoms with Crippen LogP contribution in [0.2, 0.25) is 0 Å². The SMILES string of the molecule is CC(C)(C)c1cc(Cc2cc(C(C)(C)C)c(O)c(C(C)(C)C)c2)cc(C(C)(C)C)c1O.Cc1cccc(C(C)(C)C)c1O. The minimum atomic E-state index is -0.151. The topological polar surface area (TPSA) is 60.7 Å². The van der Waals surface area contributed by atoms with Gasteiger partial charge in [0.25, 0.3) is 0 Å². The average molecular weight is 589 g/mol. The van der Waals surface area contributed by atoms with Gasteiger partial charge in [-0.05, 0) is 84.9 Å². The fourth-order valence-corrected chi connectivity index (χ4v) is 5.38. The highest BCUT2D eigenvalue weighted by Gasteiger charge is 2.29. The summed E-state index contributed by atoms with van der Waals surface area (Å²) in [6, 6.07) is 14.5. The van der Waals surface area contributed by atoms with Crippen LogP contribution >= 0.6 is 0 Å². The Morgan fingerprint density at radius 2 is 0.698 bits per heavy atom. The van der Waals surface area contributed by atoms with Crippen molar-refractivity contribution in [1.82, 2.24) is 0 Å². The third-order valence-electron chi connectivity index (χ3n) is 8.03. The maximum atomic E-state index is 11.1. The van der Waals surface area contributed by atoms with E-state index in [9.17, 15) is 15.3 Å². The monoisotopic (exact) mass is 588 g/mol. The number of para-hydroxylation sites is 1. The Morgan fingerprint density at radius 1 is 0.419 bits per heavy atom. The number of rotatable bonds is 2. The maximum absolute atomic E-state index is 11.1. The lowest BCUT2D eigenvalue weighted by atomic mass is 9.76. The lowest BCUT2D eigenvalue weighted by Gasteiger charge is -2.29. The summed E-state index contributed by atoms with van der Waals surface area (Å²) in [5.74, 6) is 1.27. The molecule has 0 saturated carbocycles.